The minimum absolute atomic E-state index is 0.00471. The summed E-state index contributed by atoms with van der Waals surface area (Å²) in [7, 11) is 0. The van der Waals surface area contributed by atoms with Crippen LogP contribution in [-0.2, 0) is 16.1 Å². The van der Waals surface area contributed by atoms with Crippen LogP contribution in [0.25, 0.3) is 17.0 Å². The average Bonchev–Trinajstić information content (AvgIpc) is 2.99. The average molecular weight is 344 g/mol. The standard InChI is InChI=1S/C22H20N2O2/c1-3-26-22(25)18(13-23)12-19-15-24(21-7-5-4-6-20(19)21)14-17-10-8-16(2)9-11-17/h4-12,15H,3,14H2,1-2H3/b18-12+. The molecule has 0 aliphatic heterocycles. The minimum Gasteiger partial charge on any atom is -0.462 e. The van der Waals surface area contributed by atoms with E-state index in [9.17, 15) is 10.1 Å². The van der Waals surface area contributed by atoms with Crippen molar-refractivity contribution in [2.45, 2.75) is 20.4 Å². The van der Waals surface area contributed by atoms with Gasteiger partial charge in [-0.1, -0.05) is 48.0 Å². The third-order valence-corrected chi connectivity index (χ3v) is 4.21. The predicted molar refractivity (Wildman–Crippen MR) is 102 cm³/mol. The van der Waals surface area contributed by atoms with Crippen molar-refractivity contribution in [3.63, 3.8) is 0 Å². The maximum Gasteiger partial charge on any atom is 0.348 e. The van der Waals surface area contributed by atoms with Crippen molar-refractivity contribution in [1.82, 2.24) is 4.57 Å². The van der Waals surface area contributed by atoms with Gasteiger partial charge in [-0.3, -0.25) is 0 Å². The summed E-state index contributed by atoms with van der Waals surface area (Å²) < 4.78 is 7.09. The lowest BCUT2D eigenvalue weighted by atomic mass is 10.1. The highest BCUT2D eigenvalue weighted by Gasteiger charge is 2.13. The number of rotatable bonds is 5. The highest BCUT2D eigenvalue weighted by Crippen LogP contribution is 2.25. The third kappa shape index (κ3) is 3.68. The molecule has 0 aliphatic carbocycles. The fraction of sp³-hybridized carbons (Fsp3) is 0.182. The second-order valence-corrected chi connectivity index (χ2v) is 6.11. The molecule has 0 amide bonds. The number of aryl methyl sites for hydroxylation is 1. The van der Waals surface area contributed by atoms with E-state index in [0.717, 1.165) is 23.0 Å². The Morgan fingerprint density at radius 3 is 2.62 bits per heavy atom. The molecule has 4 nitrogen and oxygen atoms in total. The predicted octanol–water partition coefficient (Wildman–Crippen LogP) is 4.47. The number of nitriles is 1. The molecule has 4 heteroatoms. The Hall–Kier alpha value is -3.32. The van der Waals surface area contributed by atoms with E-state index in [4.69, 9.17) is 4.74 Å². The lowest BCUT2D eigenvalue weighted by Gasteiger charge is -2.06. The zero-order chi connectivity index (χ0) is 18.5. The normalized spacial score (nSPS) is 11.3. The summed E-state index contributed by atoms with van der Waals surface area (Å²) in [6, 6.07) is 18.3. The smallest absolute Gasteiger partial charge is 0.348 e. The van der Waals surface area contributed by atoms with Gasteiger partial charge in [0.25, 0.3) is 0 Å². The van der Waals surface area contributed by atoms with E-state index in [1.807, 2.05) is 36.5 Å². The summed E-state index contributed by atoms with van der Waals surface area (Å²) >= 11 is 0. The Labute approximate surface area is 152 Å². The van der Waals surface area contributed by atoms with Crippen LogP contribution in [0.15, 0.2) is 60.3 Å². The van der Waals surface area contributed by atoms with Crippen molar-refractivity contribution < 1.29 is 9.53 Å². The van der Waals surface area contributed by atoms with E-state index in [-0.39, 0.29) is 12.2 Å². The first kappa shape index (κ1) is 17.5. The van der Waals surface area contributed by atoms with E-state index >= 15 is 0 Å². The van der Waals surface area contributed by atoms with Gasteiger partial charge in [0.15, 0.2) is 0 Å². The summed E-state index contributed by atoms with van der Waals surface area (Å²) in [5.41, 5.74) is 4.31. The maximum atomic E-state index is 11.9. The molecule has 0 aliphatic rings. The summed E-state index contributed by atoms with van der Waals surface area (Å²) in [5, 5.41) is 10.3. The van der Waals surface area contributed by atoms with Crippen LogP contribution in [-0.4, -0.2) is 17.1 Å². The van der Waals surface area contributed by atoms with Crippen LogP contribution in [0.5, 0.6) is 0 Å². The number of hydrogen-bond acceptors (Lipinski definition) is 3. The van der Waals surface area contributed by atoms with Crippen LogP contribution in [0.4, 0.5) is 0 Å². The first-order valence-electron chi connectivity index (χ1n) is 8.54. The molecule has 0 unspecified atom stereocenters. The van der Waals surface area contributed by atoms with Crippen molar-refractivity contribution in [2.75, 3.05) is 6.61 Å². The highest BCUT2D eigenvalue weighted by molar-refractivity contribution is 6.01. The first-order chi connectivity index (χ1) is 12.6. The number of benzene rings is 2. The number of para-hydroxylation sites is 1. The number of esters is 1. The quantitative estimate of drug-likeness (QED) is 0.390. The van der Waals surface area contributed by atoms with Crippen LogP contribution in [0.3, 0.4) is 0 Å². The number of hydrogen-bond donors (Lipinski definition) is 0. The molecule has 1 heterocycles. The van der Waals surface area contributed by atoms with Crippen LogP contribution >= 0.6 is 0 Å². The molecule has 0 radical (unpaired) electrons. The Morgan fingerprint density at radius 2 is 1.92 bits per heavy atom. The Kier molecular flexibility index (Phi) is 5.19. The number of nitrogens with zero attached hydrogens (tertiary/aromatic N) is 2. The van der Waals surface area contributed by atoms with E-state index in [1.165, 1.54) is 11.1 Å². The van der Waals surface area contributed by atoms with Crippen LogP contribution < -0.4 is 0 Å². The fourth-order valence-corrected chi connectivity index (χ4v) is 2.91. The molecule has 3 rings (SSSR count). The minimum atomic E-state index is -0.592. The highest BCUT2D eigenvalue weighted by atomic mass is 16.5. The van der Waals surface area contributed by atoms with Crippen molar-refractivity contribution >= 4 is 22.9 Å². The van der Waals surface area contributed by atoms with Gasteiger partial charge in [0.1, 0.15) is 11.6 Å². The molecular weight excluding hydrogens is 324 g/mol. The number of ether oxygens (including phenoxy) is 1. The molecule has 0 N–H and O–H groups in total. The van der Waals surface area contributed by atoms with Crippen molar-refractivity contribution in [2.24, 2.45) is 0 Å². The molecule has 130 valence electrons. The molecule has 0 saturated carbocycles. The van der Waals surface area contributed by atoms with Gasteiger partial charge < -0.3 is 9.30 Å². The zero-order valence-corrected chi connectivity index (χ0v) is 14.9. The molecule has 0 bridgehead atoms. The summed E-state index contributed by atoms with van der Waals surface area (Å²) in [6.45, 7) is 4.75. The van der Waals surface area contributed by atoms with Crippen molar-refractivity contribution in [1.29, 1.82) is 5.26 Å². The molecule has 0 fully saturated rings. The summed E-state index contributed by atoms with van der Waals surface area (Å²) in [4.78, 5) is 11.9. The SMILES string of the molecule is CCOC(=O)/C(C#N)=C/c1cn(Cc2ccc(C)cc2)c2ccccc12. The fourth-order valence-electron chi connectivity index (χ4n) is 2.91. The van der Waals surface area contributed by atoms with E-state index < -0.39 is 5.97 Å². The first-order valence-corrected chi connectivity index (χ1v) is 8.54. The molecule has 0 saturated heterocycles. The van der Waals surface area contributed by atoms with Crippen LogP contribution in [0.1, 0.15) is 23.6 Å². The maximum absolute atomic E-state index is 11.9. The summed E-state index contributed by atoms with van der Waals surface area (Å²) in [6.07, 6.45) is 3.58. The Bertz CT molecular complexity index is 1000. The third-order valence-electron chi connectivity index (χ3n) is 4.21. The molecule has 0 atom stereocenters. The van der Waals surface area contributed by atoms with E-state index in [1.54, 1.807) is 13.0 Å². The van der Waals surface area contributed by atoms with Gasteiger partial charge in [0, 0.05) is 29.2 Å². The molecular formula is C22H20N2O2. The zero-order valence-electron chi connectivity index (χ0n) is 14.9. The van der Waals surface area contributed by atoms with Gasteiger partial charge in [-0.05, 0) is 31.6 Å². The Morgan fingerprint density at radius 1 is 1.19 bits per heavy atom. The second-order valence-electron chi connectivity index (χ2n) is 6.11. The summed E-state index contributed by atoms with van der Waals surface area (Å²) in [5.74, 6) is -0.592. The van der Waals surface area contributed by atoms with Gasteiger partial charge in [-0.25, -0.2) is 4.79 Å². The molecule has 26 heavy (non-hydrogen) atoms. The number of carbonyl (C=O) groups excluding carboxylic acids is 1. The van der Waals surface area contributed by atoms with Gasteiger partial charge in [0.2, 0.25) is 0 Å². The lowest BCUT2D eigenvalue weighted by molar-refractivity contribution is -0.137. The number of carbonyl (C=O) groups is 1. The van der Waals surface area contributed by atoms with Crippen molar-refractivity contribution in [3.05, 3.63) is 77.0 Å². The number of aromatic nitrogens is 1. The molecule has 2 aromatic carbocycles. The van der Waals surface area contributed by atoms with Crippen molar-refractivity contribution in [3.8, 4) is 6.07 Å². The van der Waals surface area contributed by atoms with Crippen LogP contribution in [0.2, 0.25) is 0 Å². The van der Waals surface area contributed by atoms with Gasteiger partial charge in [-0.2, -0.15) is 5.26 Å². The molecule has 1 aromatic heterocycles. The van der Waals surface area contributed by atoms with Gasteiger partial charge >= 0.3 is 5.97 Å². The van der Waals surface area contributed by atoms with Gasteiger partial charge in [-0.15, -0.1) is 0 Å². The van der Waals surface area contributed by atoms with Gasteiger partial charge in [0.05, 0.1) is 6.61 Å². The molecule has 0 spiro atoms. The monoisotopic (exact) mass is 344 g/mol. The Balaban J connectivity index is 2.03. The number of fused-ring (bicyclic) bond motifs is 1. The molecule has 3 aromatic rings. The second kappa shape index (κ2) is 7.71. The van der Waals surface area contributed by atoms with E-state index in [0.29, 0.717) is 0 Å². The topological polar surface area (TPSA) is 55.0 Å². The van der Waals surface area contributed by atoms with E-state index in [2.05, 4.69) is 35.8 Å². The van der Waals surface area contributed by atoms with Crippen LogP contribution in [0, 0.1) is 18.3 Å². The largest absolute Gasteiger partial charge is 0.462 e. The lowest BCUT2D eigenvalue weighted by Crippen LogP contribution is -2.05.